The van der Waals surface area contributed by atoms with Gasteiger partial charge in [-0.3, -0.25) is 4.79 Å². The Bertz CT molecular complexity index is 1740. The number of benzene rings is 3. The van der Waals surface area contributed by atoms with E-state index >= 15 is 0 Å². The normalized spacial score (nSPS) is 21.8. The van der Waals surface area contributed by atoms with Crippen molar-refractivity contribution < 1.29 is 58.8 Å². The first-order chi connectivity index (χ1) is 21.1. The number of carbonyl (C=O) groups excluding carboxylic acids is 1. The number of phenolic OH excluding ortho intramolecular Hbond substituents is 3. The van der Waals surface area contributed by atoms with E-state index in [1.54, 1.807) is 12.1 Å². The number of ether oxygens (including phenoxy) is 4. The third-order valence-electron chi connectivity index (χ3n) is 6.88. The van der Waals surface area contributed by atoms with Gasteiger partial charge in [-0.2, -0.15) is 0 Å². The summed E-state index contributed by atoms with van der Waals surface area (Å²) in [6.45, 7) is -0.720. The first-order valence-corrected chi connectivity index (χ1v) is 13.2. The van der Waals surface area contributed by atoms with E-state index in [4.69, 9.17) is 23.4 Å². The molecule has 5 atom stereocenters. The molecule has 1 fully saturated rings. The molecule has 1 aliphatic heterocycles. The Balaban J connectivity index is 1.40. The predicted molar refractivity (Wildman–Crippen MR) is 153 cm³/mol. The van der Waals surface area contributed by atoms with E-state index in [0.29, 0.717) is 11.1 Å². The Morgan fingerprint density at radius 1 is 0.955 bits per heavy atom. The second kappa shape index (κ2) is 12.7. The van der Waals surface area contributed by atoms with E-state index in [1.807, 2.05) is 0 Å². The molecule has 6 N–H and O–H groups in total. The number of rotatable bonds is 8. The third kappa shape index (κ3) is 6.31. The zero-order valence-corrected chi connectivity index (χ0v) is 23.1. The topological polar surface area (TPSA) is 206 Å². The highest BCUT2D eigenvalue weighted by Gasteiger charge is 2.47. The van der Waals surface area contributed by atoms with Gasteiger partial charge in [0.1, 0.15) is 46.2 Å². The van der Waals surface area contributed by atoms with Crippen molar-refractivity contribution in [2.75, 3.05) is 13.7 Å². The second-order valence-electron chi connectivity index (χ2n) is 9.83. The summed E-state index contributed by atoms with van der Waals surface area (Å²) in [5.74, 6) is -1.42. The molecule has 13 heteroatoms. The zero-order valence-electron chi connectivity index (χ0n) is 23.1. The number of aliphatic hydroxyl groups is 3. The lowest BCUT2D eigenvalue weighted by atomic mass is 9.99. The predicted octanol–water partition coefficient (Wildman–Crippen LogP) is 2.03. The van der Waals surface area contributed by atoms with Crippen LogP contribution in [-0.4, -0.2) is 81.0 Å². The van der Waals surface area contributed by atoms with Crippen LogP contribution in [0.5, 0.6) is 28.7 Å². The minimum Gasteiger partial charge on any atom is -0.508 e. The van der Waals surface area contributed by atoms with Crippen LogP contribution in [0.2, 0.25) is 0 Å². The Labute approximate surface area is 249 Å². The Hall–Kier alpha value is -5.08. The minimum atomic E-state index is -1.76. The number of aromatic hydroxyl groups is 3. The molecule has 3 aromatic carbocycles. The summed E-state index contributed by atoms with van der Waals surface area (Å²) in [6.07, 6.45) is -5.48. The van der Waals surface area contributed by atoms with Crippen molar-refractivity contribution in [1.29, 1.82) is 0 Å². The van der Waals surface area contributed by atoms with E-state index in [2.05, 4.69) is 0 Å². The van der Waals surface area contributed by atoms with Gasteiger partial charge in [-0.1, -0.05) is 12.1 Å². The molecule has 1 aromatic heterocycles. The lowest BCUT2D eigenvalue weighted by Gasteiger charge is -2.41. The molecule has 0 saturated carbocycles. The van der Waals surface area contributed by atoms with E-state index in [1.165, 1.54) is 49.6 Å². The van der Waals surface area contributed by atoms with Gasteiger partial charge in [0, 0.05) is 29.8 Å². The van der Waals surface area contributed by atoms with E-state index in [0.717, 1.165) is 18.2 Å². The minimum absolute atomic E-state index is 0.0413. The first-order valence-electron chi connectivity index (χ1n) is 13.2. The second-order valence-corrected chi connectivity index (χ2v) is 9.83. The summed E-state index contributed by atoms with van der Waals surface area (Å²) < 4.78 is 27.5. The van der Waals surface area contributed by atoms with Gasteiger partial charge >= 0.3 is 5.97 Å². The van der Waals surface area contributed by atoms with Gasteiger partial charge in [-0.15, -0.1) is 0 Å². The SMILES string of the molecule is COc1cc(-c2cc(=O)c3c(O)cc(O[C@@H]4O[C@H](CO)[C@@H](O)[C@H](OC(=O)C=Cc5ccc(O)cc5)[C@H]4O)cc3o2)ccc1O. The molecular weight excluding hydrogens is 580 g/mol. The maximum atomic E-state index is 12.9. The van der Waals surface area contributed by atoms with E-state index in [9.17, 15) is 40.2 Å². The van der Waals surface area contributed by atoms with E-state index < -0.39 is 54.5 Å². The number of carbonyl (C=O) groups is 1. The van der Waals surface area contributed by atoms with Crippen molar-refractivity contribution in [1.82, 2.24) is 0 Å². The molecule has 0 unspecified atom stereocenters. The van der Waals surface area contributed by atoms with Crippen LogP contribution in [0.3, 0.4) is 0 Å². The van der Waals surface area contributed by atoms with Gasteiger partial charge in [0.15, 0.2) is 29.1 Å². The molecular formula is C31H28O13. The van der Waals surface area contributed by atoms with Crippen LogP contribution in [0.25, 0.3) is 28.4 Å². The van der Waals surface area contributed by atoms with Gasteiger partial charge in [0.05, 0.1) is 13.7 Å². The zero-order chi connectivity index (χ0) is 31.5. The molecule has 1 aliphatic rings. The molecule has 0 amide bonds. The fourth-order valence-corrected chi connectivity index (χ4v) is 4.63. The van der Waals surface area contributed by atoms with E-state index in [-0.39, 0.29) is 39.7 Å². The Morgan fingerprint density at radius 3 is 2.41 bits per heavy atom. The van der Waals surface area contributed by atoms with Crippen molar-refractivity contribution >= 4 is 23.0 Å². The third-order valence-corrected chi connectivity index (χ3v) is 6.88. The van der Waals surface area contributed by atoms with Crippen LogP contribution in [0, 0.1) is 0 Å². The smallest absolute Gasteiger partial charge is 0.331 e. The molecule has 5 rings (SSSR count). The molecule has 0 bridgehead atoms. The lowest BCUT2D eigenvalue weighted by Crippen LogP contribution is -2.61. The maximum absolute atomic E-state index is 12.9. The number of hydrogen-bond donors (Lipinski definition) is 6. The average molecular weight is 609 g/mol. The van der Waals surface area contributed by atoms with Crippen LogP contribution < -0.4 is 14.9 Å². The fourth-order valence-electron chi connectivity index (χ4n) is 4.63. The lowest BCUT2D eigenvalue weighted by molar-refractivity contribution is -0.280. The monoisotopic (exact) mass is 608 g/mol. The molecule has 0 aliphatic carbocycles. The first kappa shape index (κ1) is 30.4. The highest BCUT2D eigenvalue weighted by atomic mass is 16.7. The molecule has 230 valence electrons. The van der Waals surface area contributed by atoms with Crippen LogP contribution in [0.15, 0.2) is 76.0 Å². The van der Waals surface area contributed by atoms with Gasteiger partial charge in [0.2, 0.25) is 6.29 Å². The Morgan fingerprint density at radius 2 is 1.70 bits per heavy atom. The number of hydrogen-bond acceptors (Lipinski definition) is 13. The van der Waals surface area contributed by atoms with Crippen molar-refractivity contribution in [2.24, 2.45) is 0 Å². The summed E-state index contributed by atoms with van der Waals surface area (Å²) in [4.78, 5) is 25.4. The van der Waals surface area contributed by atoms with Gasteiger partial charge < -0.3 is 54.0 Å². The highest BCUT2D eigenvalue weighted by molar-refractivity contribution is 5.87. The van der Waals surface area contributed by atoms with Crippen molar-refractivity contribution in [2.45, 2.75) is 30.7 Å². The highest BCUT2D eigenvalue weighted by Crippen LogP contribution is 2.35. The number of methoxy groups -OCH3 is 1. The fraction of sp³-hybridized carbons (Fsp3) is 0.226. The number of fused-ring (bicyclic) bond motifs is 1. The Kier molecular flexibility index (Phi) is 8.73. The number of esters is 1. The summed E-state index contributed by atoms with van der Waals surface area (Å²) in [5, 5.41) is 61.1. The summed E-state index contributed by atoms with van der Waals surface area (Å²) in [5.41, 5.74) is 0.278. The summed E-state index contributed by atoms with van der Waals surface area (Å²) >= 11 is 0. The average Bonchev–Trinajstić information content (AvgIpc) is 3.00. The number of phenols is 3. The molecule has 1 saturated heterocycles. The molecule has 2 heterocycles. The van der Waals surface area contributed by atoms with Crippen molar-refractivity contribution in [3.63, 3.8) is 0 Å². The molecule has 0 radical (unpaired) electrons. The van der Waals surface area contributed by atoms with Gasteiger partial charge in [-0.25, -0.2) is 4.79 Å². The number of aliphatic hydroxyl groups excluding tert-OH is 3. The van der Waals surface area contributed by atoms with Crippen LogP contribution in [0.4, 0.5) is 0 Å². The van der Waals surface area contributed by atoms with Crippen molar-refractivity contribution in [3.8, 4) is 40.1 Å². The molecule has 13 nitrogen and oxygen atoms in total. The molecule has 4 aromatic rings. The van der Waals surface area contributed by atoms with Crippen LogP contribution in [0.1, 0.15) is 5.56 Å². The molecule has 44 heavy (non-hydrogen) atoms. The van der Waals surface area contributed by atoms with Gasteiger partial charge in [-0.05, 0) is 42.0 Å². The quantitative estimate of drug-likeness (QED) is 0.125. The van der Waals surface area contributed by atoms with Crippen LogP contribution in [-0.2, 0) is 14.3 Å². The van der Waals surface area contributed by atoms with Gasteiger partial charge in [0.25, 0.3) is 0 Å². The standard InChI is InChI=1S/C31H28O13/c1-40-23-10-16(5-8-19(23)34)22-13-21(36)27-20(35)11-18(12-24(27)42-22)41-31-29(39)30(28(38)25(14-32)43-31)44-26(37)9-4-15-2-6-17(33)7-3-15/h2-13,25,28-35,38-39H,14H2,1H3/t25-,28-,29-,30+,31-/m1/s1. The van der Waals surface area contributed by atoms with Crippen molar-refractivity contribution in [3.05, 3.63) is 82.5 Å². The molecule has 0 spiro atoms. The summed E-state index contributed by atoms with van der Waals surface area (Å²) in [7, 11) is 1.36. The maximum Gasteiger partial charge on any atom is 0.331 e. The largest absolute Gasteiger partial charge is 0.508 e. The van der Waals surface area contributed by atoms with Crippen LogP contribution >= 0.6 is 0 Å². The summed E-state index contributed by atoms with van der Waals surface area (Å²) in [6, 6.07) is 13.7.